The number of aryl methyl sites for hydroxylation is 2. The third-order valence-electron chi connectivity index (χ3n) is 5.09. The second-order valence-electron chi connectivity index (χ2n) is 7.75. The Morgan fingerprint density at radius 1 is 1.06 bits per heavy atom. The van der Waals surface area contributed by atoms with Gasteiger partial charge in [-0.25, -0.2) is 9.97 Å². The lowest BCUT2D eigenvalue weighted by Gasteiger charge is -2.17. The van der Waals surface area contributed by atoms with Crippen molar-refractivity contribution in [3.05, 3.63) is 34.9 Å². The highest BCUT2D eigenvalue weighted by Gasteiger charge is 2.21. The molecule has 1 aliphatic heterocycles. The number of nitrogens with two attached hydrogens (primary N) is 1. The Bertz CT molecular complexity index is 1040. The van der Waals surface area contributed by atoms with Gasteiger partial charge in [-0.2, -0.15) is 0 Å². The average molecular weight is 457 g/mol. The molecule has 1 aromatic heterocycles. The third-order valence-corrected chi connectivity index (χ3v) is 6.10. The van der Waals surface area contributed by atoms with E-state index in [2.05, 4.69) is 25.9 Å². The van der Waals surface area contributed by atoms with Crippen molar-refractivity contribution in [3.63, 3.8) is 0 Å². The zero-order valence-corrected chi connectivity index (χ0v) is 19.3. The van der Waals surface area contributed by atoms with Gasteiger partial charge in [0.2, 0.25) is 17.8 Å². The van der Waals surface area contributed by atoms with Gasteiger partial charge < -0.3 is 21.7 Å². The molecule has 32 heavy (non-hydrogen) atoms. The van der Waals surface area contributed by atoms with Crippen LogP contribution in [0.2, 0.25) is 0 Å². The molecule has 9 nitrogen and oxygen atoms in total. The second-order valence-corrected chi connectivity index (χ2v) is 8.79. The van der Waals surface area contributed by atoms with E-state index >= 15 is 0 Å². The van der Waals surface area contributed by atoms with Crippen molar-refractivity contribution >= 4 is 35.4 Å². The highest BCUT2D eigenvalue weighted by Crippen LogP contribution is 2.29. The molecule has 1 aromatic carbocycles. The van der Waals surface area contributed by atoms with E-state index in [4.69, 9.17) is 5.73 Å². The summed E-state index contributed by atoms with van der Waals surface area (Å²) < 4.78 is 0. The van der Waals surface area contributed by atoms with Crippen LogP contribution in [-0.4, -0.2) is 52.6 Å². The van der Waals surface area contributed by atoms with Gasteiger partial charge in [-0.1, -0.05) is 6.07 Å². The van der Waals surface area contributed by atoms with Gasteiger partial charge in [-0.3, -0.25) is 14.4 Å². The summed E-state index contributed by atoms with van der Waals surface area (Å²) in [5.41, 5.74) is 9.77. The molecule has 0 aliphatic carbocycles. The van der Waals surface area contributed by atoms with Gasteiger partial charge in [0.15, 0.2) is 0 Å². The molecule has 3 rings (SSSR count). The quantitative estimate of drug-likeness (QED) is 0.478. The van der Waals surface area contributed by atoms with Crippen molar-refractivity contribution in [1.29, 1.82) is 0 Å². The number of hydrogen-bond donors (Lipinski definition) is 4. The summed E-state index contributed by atoms with van der Waals surface area (Å²) >= 11 is 1.31. The first kappa shape index (κ1) is 23.5. The highest BCUT2D eigenvalue weighted by molar-refractivity contribution is 7.99. The molecule has 0 fully saturated rings. The van der Waals surface area contributed by atoms with Crippen LogP contribution in [0.1, 0.15) is 41.3 Å². The summed E-state index contributed by atoms with van der Waals surface area (Å²) in [5, 5.41) is 9.05. The van der Waals surface area contributed by atoms with Crippen LogP contribution in [0.15, 0.2) is 23.2 Å². The fourth-order valence-electron chi connectivity index (χ4n) is 3.51. The van der Waals surface area contributed by atoms with Gasteiger partial charge in [0, 0.05) is 36.9 Å². The fraction of sp³-hybridized carbons (Fsp3) is 0.409. The summed E-state index contributed by atoms with van der Waals surface area (Å²) in [5.74, 6) is -0.320. The van der Waals surface area contributed by atoms with Gasteiger partial charge in [0.25, 0.3) is 5.91 Å². The molecule has 4 bridgehead atoms. The number of aromatic nitrogens is 2. The molecule has 1 atom stereocenters. The maximum Gasteiger partial charge on any atom is 0.251 e. The number of rotatable bonds is 1. The van der Waals surface area contributed by atoms with E-state index in [1.54, 1.807) is 6.07 Å². The molecule has 10 heteroatoms. The lowest BCUT2D eigenvalue weighted by molar-refractivity contribution is -0.127. The van der Waals surface area contributed by atoms with E-state index in [0.717, 1.165) is 16.7 Å². The number of benzene rings is 1. The van der Waals surface area contributed by atoms with Gasteiger partial charge in [-0.05, 0) is 49.9 Å². The minimum Gasteiger partial charge on any atom is -0.368 e. The molecule has 1 aliphatic rings. The number of carbonyl (C=O) groups is 3. The van der Waals surface area contributed by atoms with E-state index in [9.17, 15) is 14.4 Å². The maximum absolute atomic E-state index is 12.8. The molecule has 170 valence electrons. The van der Waals surface area contributed by atoms with Gasteiger partial charge in [-0.15, -0.1) is 11.8 Å². The molecular formula is C22H28N6O3S. The van der Waals surface area contributed by atoms with Crippen LogP contribution in [0.25, 0.3) is 11.3 Å². The zero-order chi connectivity index (χ0) is 23.3. The third kappa shape index (κ3) is 5.97. The van der Waals surface area contributed by atoms with Crippen LogP contribution in [0.3, 0.4) is 0 Å². The first-order valence-corrected chi connectivity index (χ1v) is 11.4. The van der Waals surface area contributed by atoms with E-state index in [0.29, 0.717) is 48.0 Å². The molecule has 3 amide bonds. The molecule has 5 N–H and O–H groups in total. The molecule has 2 heterocycles. The number of nitrogens with zero attached hydrogens (tertiary/aromatic N) is 2. The Balaban J connectivity index is 2.00. The van der Waals surface area contributed by atoms with Gasteiger partial charge >= 0.3 is 0 Å². The monoisotopic (exact) mass is 456 g/mol. The summed E-state index contributed by atoms with van der Waals surface area (Å²) in [7, 11) is 0. The Hall–Kier alpha value is -3.14. The predicted molar refractivity (Wildman–Crippen MR) is 124 cm³/mol. The van der Waals surface area contributed by atoms with Crippen LogP contribution in [0.5, 0.6) is 0 Å². The largest absolute Gasteiger partial charge is 0.368 e. The first-order chi connectivity index (χ1) is 15.2. The molecule has 0 spiro atoms. The number of amides is 3. The summed E-state index contributed by atoms with van der Waals surface area (Å²) in [4.78, 5) is 45.6. The van der Waals surface area contributed by atoms with Crippen LogP contribution >= 0.6 is 11.8 Å². The number of carbonyl (C=O) groups excluding carboxylic acids is 3. The number of thioether (sulfide) groups is 1. The number of fused-ring (bicyclic) bond motifs is 5. The average Bonchev–Trinajstić information content (AvgIpc) is 2.72. The Labute approximate surface area is 191 Å². The van der Waals surface area contributed by atoms with Crippen LogP contribution in [0, 0.1) is 13.8 Å². The van der Waals surface area contributed by atoms with Crippen LogP contribution < -0.4 is 21.7 Å². The van der Waals surface area contributed by atoms with Crippen molar-refractivity contribution in [2.45, 2.75) is 44.7 Å². The van der Waals surface area contributed by atoms with Crippen molar-refractivity contribution in [2.24, 2.45) is 0 Å². The minimum absolute atomic E-state index is 0.0921. The Morgan fingerprint density at radius 2 is 1.75 bits per heavy atom. The van der Waals surface area contributed by atoms with E-state index < -0.39 is 6.04 Å². The predicted octanol–water partition coefficient (Wildman–Crippen LogP) is 1.58. The number of anilines is 1. The molecule has 0 radical (unpaired) electrons. The topological polar surface area (TPSA) is 139 Å². The fourth-order valence-corrected chi connectivity index (χ4v) is 4.43. The van der Waals surface area contributed by atoms with Crippen molar-refractivity contribution < 1.29 is 14.4 Å². The van der Waals surface area contributed by atoms with E-state index in [1.807, 2.05) is 26.0 Å². The standard InChI is InChI=1S/C22H28N6O3S/c1-12-8-13(2)16-9-15(12)17-10-19(28-22(23)27-17)32-11-18(26-14(3)29)21(31)25-7-5-4-6-24-20(16)30/h8-10,18H,4-7,11H2,1-3H3,(H,24,30)(H,25,31)(H,26,29)(H2,23,27,28). The second kappa shape index (κ2) is 10.4. The molecule has 1 unspecified atom stereocenters. The smallest absolute Gasteiger partial charge is 0.251 e. The molecular weight excluding hydrogens is 428 g/mol. The normalized spacial score (nSPS) is 17.7. The van der Waals surface area contributed by atoms with Gasteiger partial charge in [0.05, 0.1) is 5.69 Å². The molecule has 0 saturated carbocycles. The summed E-state index contributed by atoms with van der Waals surface area (Å²) in [6.45, 7) is 6.18. The van der Waals surface area contributed by atoms with Crippen LogP contribution in [0.4, 0.5) is 5.95 Å². The lowest BCUT2D eigenvalue weighted by Crippen LogP contribution is -2.47. The van der Waals surface area contributed by atoms with E-state index in [1.165, 1.54) is 18.7 Å². The maximum atomic E-state index is 12.8. The summed E-state index contributed by atoms with van der Waals surface area (Å²) in [6.07, 6.45) is 1.42. The molecule has 2 aromatic rings. The van der Waals surface area contributed by atoms with Gasteiger partial charge in [0.1, 0.15) is 11.1 Å². The number of hydrogen-bond acceptors (Lipinski definition) is 7. The zero-order valence-electron chi connectivity index (χ0n) is 18.4. The van der Waals surface area contributed by atoms with Crippen molar-refractivity contribution in [3.8, 4) is 11.3 Å². The van der Waals surface area contributed by atoms with E-state index in [-0.39, 0.29) is 23.7 Å². The number of nitrogens with one attached hydrogen (secondary N) is 3. The molecule has 0 saturated heterocycles. The highest BCUT2D eigenvalue weighted by atomic mass is 32.2. The Morgan fingerprint density at radius 3 is 2.47 bits per heavy atom. The summed E-state index contributed by atoms with van der Waals surface area (Å²) in [6, 6.07) is 4.86. The van der Waals surface area contributed by atoms with Crippen LogP contribution in [-0.2, 0) is 9.59 Å². The van der Waals surface area contributed by atoms with Crippen molar-refractivity contribution in [1.82, 2.24) is 25.9 Å². The first-order valence-electron chi connectivity index (χ1n) is 10.5. The van der Waals surface area contributed by atoms with Crippen molar-refractivity contribution in [2.75, 3.05) is 24.6 Å². The minimum atomic E-state index is -0.708. The lowest BCUT2D eigenvalue weighted by atomic mass is 9.97. The Kier molecular flexibility index (Phi) is 7.68. The number of nitrogen functional groups attached to an aromatic ring is 1. The SMILES string of the molecule is CC(=O)NC1CSc2cc(nc(N)n2)-c2cc(c(C)cc2C)C(=O)NCCCCNC1=O.